The zero-order valence-electron chi connectivity index (χ0n) is 12.3. The minimum Gasteiger partial charge on any atom is -0.399 e. The number of hydrogen-bond donors (Lipinski definition) is 2. The van der Waals surface area contributed by atoms with Crippen LogP contribution in [0, 0.1) is 11.8 Å². The van der Waals surface area contributed by atoms with Crippen molar-refractivity contribution in [1.82, 2.24) is 4.90 Å². The molecule has 1 amide bonds. The monoisotopic (exact) mass is 263 g/mol. The molecule has 0 saturated heterocycles. The van der Waals surface area contributed by atoms with Gasteiger partial charge in [0.2, 0.25) is 0 Å². The number of carbonyl (C=O) groups excluding carboxylic acids is 1. The van der Waals surface area contributed by atoms with Crippen LogP contribution in [-0.4, -0.2) is 23.9 Å². The topological polar surface area (TPSA) is 72.3 Å². The average Bonchev–Trinajstić information content (AvgIpc) is 2.24. The number of carbonyl (C=O) groups is 1. The molecule has 0 saturated carbocycles. The largest absolute Gasteiger partial charge is 0.399 e. The summed E-state index contributed by atoms with van der Waals surface area (Å²) in [5.41, 5.74) is 13.1. The zero-order chi connectivity index (χ0) is 14.6. The van der Waals surface area contributed by atoms with Gasteiger partial charge in [0, 0.05) is 30.0 Å². The van der Waals surface area contributed by atoms with Crippen molar-refractivity contribution in [3.63, 3.8) is 0 Å². The number of anilines is 2. The van der Waals surface area contributed by atoms with E-state index in [0.717, 1.165) is 13.1 Å². The van der Waals surface area contributed by atoms with Gasteiger partial charge in [-0.15, -0.1) is 0 Å². The molecule has 1 aromatic carbocycles. The van der Waals surface area contributed by atoms with E-state index in [1.807, 2.05) is 4.90 Å². The highest BCUT2D eigenvalue weighted by Gasteiger charge is 2.18. The Morgan fingerprint density at radius 3 is 1.79 bits per heavy atom. The molecule has 0 aliphatic rings. The van der Waals surface area contributed by atoms with Gasteiger partial charge in [0.05, 0.1) is 0 Å². The Hall–Kier alpha value is -1.71. The molecule has 0 heterocycles. The van der Waals surface area contributed by atoms with Crippen molar-refractivity contribution in [3.8, 4) is 0 Å². The molecule has 1 aromatic rings. The first-order chi connectivity index (χ1) is 8.79. The number of benzene rings is 1. The number of hydrogen-bond acceptors (Lipinski definition) is 3. The summed E-state index contributed by atoms with van der Waals surface area (Å²) in [5.74, 6) is 0.864. The second-order valence-electron chi connectivity index (χ2n) is 5.89. The van der Waals surface area contributed by atoms with Crippen molar-refractivity contribution in [2.75, 3.05) is 24.6 Å². The van der Waals surface area contributed by atoms with Gasteiger partial charge in [-0.3, -0.25) is 4.79 Å². The molecule has 0 aliphatic heterocycles. The molecule has 0 bridgehead atoms. The first kappa shape index (κ1) is 15.3. The third-order valence-corrected chi connectivity index (χ3v) is 2.68. The first-order valence-corrected chi connectivity index (χ1v) is 6.75. The lowest BCUT2D eigenvalue weighted by atomic mass is 10.1. The van der Waals surface area contributed by atoms with E-state index in [1.165, 1.54) is 0 Å². The van der Waals surface area contributed by atoms with E-state index < -0.39 is 0 Å². The maximum absolute atomic E-state index is 12.5. The maximum Gasteiger partial charge on any atom is 0.254 e. The van der Waals surface area contributed by atoms with Crippen molar-refractivity contribution in [2.45, 2.75) is 27.7 Å². The van der Waals surface area contributed by atoms with Crippen LogP contribution in [-0.2, 0) is 0 Å². The zero-order valence-corrected chi connectivity index (χ0v) is 12.3. The molecule has 0 radical (unpaired) electrons. The number of rotatable bonds is 5. The van der Waals surface area contributed by atoms with Crippen molar-refractivity contribution in [2.24, 2.45) is 11.8 Å². The van der Waals surface area contributed by atoms with Crippen LogP contribution in [0.15, 0.2) is 18.2 Å². The molecular formula is C15H25N3O. The van der Waals surface area contributed by atoms with Gasteiger partial charge in [-0.2, -0.15) is 0 Å². The third-order valence-electron chi connectivity index (χ3n) is 2.68. The summed E-state index contributed by atoms with van der Waals surface area (Å²) in [6, 6.07) is 5.03. The normalized spacial score (nSPS) is 11.1. The van der Waals surface area contributed by atoms with Crippen LogP contribution < -0.4 is 11.5 Å². The quantitative estimate of drug-likeness (QED) is 0.802. The minimum absolute atomic E-state index is 0.00130. The van der Waals surface area contributed by atoms with Gasteiger partial charge in [0.1, 0.15) is 0 Å². The van der Waals surface area contributed by atoms with Crippen LogP contribution in [0.4, 0.5) is 11.4 Å². The van der Waals surface area contributed by atoms with E-state index in [4.69, 9.17) is 11.5 Å². The molecule has 4 N–H and O–H groups in total. The van der Waals surface area contributed by atoms with Crippen LogP contribution in [0.2, 0.25) is 0 Å². The lowest BCUT2D eigenvalue weighted by molar-refractivity contribution is 0.0715. The van der Waals surface area contributed by atoms with Gasteiger partial charge in [0.15, 0.2) is 0 Å². The van der Waals surface area contributed by atoms with Gasteiger partial charge in [-0.1, -0.05) is 27.7 Å². The second-order valence-corrected chi connectivity index (χ2v) is 5.89. The molecule has 0 fully saturated rings. The minimum atomic E-state index is 0.00130. The van der Waals surface area contributed by atoms with E-state index in [-0.39, 0.29) is 5.91 Å². The molecule has 106 valence electrons. The van der Waals surface area contributed by atoms with Gasteiger partial charge in [-0.25, -0.2) is 0 Å². The molecular weight excluding hydrogens is 238 g/mol. The van der Waals surface area contributed by atoms with Crippen LogP contribution in [0.1, 0.15) is 38.1 Å². The first-order valence-electron chi connectivity index (χ1n) is 6.75. The number of nitrogens with two attached hydrogens (primary N) is 2. The Bertz CT molecular complexity index is 411. The molecule has 0 atom stereocenters. The fraction of sp³-hybridized carbons (Fsp3) is 0.533. The number of amides is 1. The number of nitrogens with zero attached hydrogens (tertiary/aromatic N) is 1. The summed E-state index contributed by atoms with van der Waals surface area (Å²) in [7, 11) is 0. The SMILES string of the molecule is CC(C)CN(CC(C)C)C(=O)c1cc(N)cc(N)c1. The number of nitrogen functional groups attached to an aromatic ring is 2. The molecule has 0 unspecified atom stereocenters. The summed E-state index contributed by atoms with van der Waals surface area (Å²) < 4.78 is 0. The molecule has 0 aliphatic carbocycles. The molecule has 1 rings (SSSR count). The van der Waals surface area contributed by atoms with Gasteiger partial charge >= 0.3 is 0 Å². The predicted molar refractivity (Wildman–Crippen MR) is 80.8 cm³/mol. The summed E-state index contributed by atoms with van der Waals surface area (Å²) in [5, 5.41) is 0. The predicted octanol–water partition coefficient (Wildman–Crippen LogP) is 2.61. The van der Waals surface area contributed by atoms with Crippen molar-refractivity contribution < 1.29 is 4.79 Å². The molecule has 19 heavy (non-hydrogen) atoms. The highest BCUT2D eigenvalue weighted by molar-refractivity contribution is 5.96. The Morgan fingerprint density at radius 2 is 1.42 bits per heavy atom. The van der Waals surface area contributed by atoms with E-state index in [0.29, 0.717) is 28.8 Å². The van der Waals surface area contributed by atoms with Crippen LogP contribution in [0.5, 0.6) is 0 Å². The Kier molecular flexibility index (Phi) is 5.21. The third kappa shape index (κ3) is 4.81. The fourth-order valence-electron chi connectivity index (χ4n) is 2.10. The summed E-state index contributed by atoms with van der Waals surface area (Å²) in [6.07, 6.45) is 0. The van der Waals surface area contributed by atoms with E-state index >= 15 is 0 Å². The molecule has 4 heteroatoms. The van der Waals surface area contributed by atoms with Crippen molar-refractivity contribution >= 4 is 17.3 Å². The standard InChI is InChI=1S/C15H25N3O/c1-10(2)8-18(9-11(3)4)15(19)12-5-13(16)7-14(17)6-12/h5-7,10-11H,8-9,16-17H2,1-4H3. The molecule has 4 nitrogen and oxygen atoms in total. The summed E-state index contributed by atoms with van der Waals surface area (Å²) in [4.78, 5) is 14.4. The van der Waals surface area contributed by atoms with E-state index in [9.17, 15) is 4.79 Å². The van der Waals surface area contributed by atoms with Crippen molar-refractivity contribution in [3.05, 3.63) is 23.8 Å². The Morgan fingerprint density at radius 1 is 1.00 bits per heavy atom. The van der Waals surface area contributed by atoms with Crippen LogP contribution in [0.25, 0.3) is 0 Å². The van der Waals surface area contributed by atoms with Crippen LogP contribution >= 0.6 is 0 Å². The molecule has 0 spiro atoms. The second kappa shape index (κ2) is 6.45. The lowest BCUT2D eigenvalue weighted by Gasteiger charge is -2.26. The van der Waals surface area contributed by atoms with Gasteiger partial charge in [-0.05, 0) is 30.0 Å². The summed E-state index contributed by atoms with van der Waals surface area (Å²) in [6.45, 7) is 9.91. The van der Waals surface area contributed by atoms with Gasteiger partial charge < -0.3 is 16.4 Å². The average molecular weight is 263 g/mol. The summed E-state index contributed by atoms with van der Waals surface area (Å²) >= 11 is 0. The Labute approximate surface area is 115 Å². The van der Waals surface area contributed by atoms with Crippen molar-refractivity contribution in [1.29, 1.82) is 0 Å². The van der Waals surface area contributed by atoms with Gasteiger partial charge in [0.25, 0.3) is 5.91 Å². The Balaban J connectivity index is 2.97. The maximum atomic E-state index is 12.5. The van der Waals surface area contributed by atoms with E-state index in [2.05, 4.69) is 27.7 Å². The molecule has 0 aromatic heterocycles. The highest BCUT2D eigenvalue weighted by atomic mass is 16.2. The lowest BCUT2D eigenvalue weighted by Crippen LogP contribution is -2.37. The fourth-order valence-corrected chi connectivity index (χ4v) is 2.10. The van der Waals surface area contributed by atoms with E-state index in [1.54, 1.807) is 18.2 Å². The smallest absolute Gasteiger partial charge is 0.254 e. The highest BCUT2D eigenvalue weighted by Crippen LogP contribution is 2.17. The van der Waals surface area contributed by atoms with Crippen LogP contribution in [0.3, 0.4) is 0 Å².